The Labute approximate surface area is 216 Å². The quantitative estimate of drug-likeness (QED) is 0.203. The standard InChI is InChI=1S/C26H34O11/c1-15(27)33-19-13-17(12-18(32-9)23(19)34-16(2)28)10-11-21(29)35-20(24(31)37-26(6,7)8)14-22(30)36-25(3,4)5/h10-13,20H,14H2,1-9H3/b11-10+/t20-/m0/s1. The van der Waals surface area contributed by atoms with Crippen LogP contribution in [0.2, 0.25) is 0 Å². The van der Waals surface area contributed by atoms with Crippen LogP contribution in [0.3, 0.4) is 0 Å². The number of benzene rings is 1. The van der Waals surface area contributed by atoms with Crippen LogP contribution in [0, 0.1) is 0 Å². The number of hydrogen-bond donors (Lipinski definition) is 0. The summed E-state index contributed by atoms with van der Waals surface area (Å²) < 4.78 is 31.1. The lowest BCUT2D eigenvalue weighted by Crippen LogP contribution is -2.37. The predicted molar refractivity (Wildman–Crippen MR) is 131 cm³/mol. The first-order valence-corrected chi connectivity index (χ1v) is 11.3. The second-order valence-electron chi connectivity index (χ2n) is 9.82. The van der Waals surface area contributed by atoms with Crippen LogP contribution in [-0.4, -0.2) is 54.3 Å². The molecule has 37 heavy (non-hydrogen) atoms. The van der Waals surface area contributed by atoms with Gasteiger partial charge in [-0.25, -0.2) is 9.59 Å². The fraction of sp³-hybridized carbons (Fsp3) is 0.500. The van der Waals surface area contributed by atoms with Gasteiger partial charge in [-0.3, -0.25) is 14.4 Å². The summed E-state index contributed by atoms with van der Waals surface area (Å²) in [5.74, 6) is -4.16. The van der Waals surface area contributed by atoms with Crippen molar-refractivity contribution in [3.05, 3.63) is 23.8 Å². The van der Waals surface area contributed by atoms with Crippen molar-refractivity contribution in [2.45, 2.75) is 79.1 Å². The smallest absolute Gasteiger partial charge is 0.348 e. The van der Waals surface area contributed by atoms with E-state index in [0.29, 0.717) is 5.56 Å². The summed E-state index contributed by atoms with van der Waals surface area (Å²) in [7, 11) is 1.31. The summed E-state index contributed by atoms with van der Waals surface area (Å²) in [5.41, 5.74) is -1.39. The highest BCUT2D eigenvalue weighted by Gasteiger charge is 2.32. The normalized spacial score (nSPS) is 12.4. The highest BCUT2D eigenvalue weighted by molar-refractivity contribution is 5.91. The second-order valence-corrected chi connectivity index (χ2v) is 9.82. The van der Waals surface area contributed by atoms with Gasteiger partial charge in [0.2, 0.25) is 11.9 Å². The molecular weight excluding hydrogens is 488 g/mol. The predicted octanol–water partition coefficient (Wildman–Crippen LogP) is 3.54. The molecule has 1 atom stereocenters. The lowest BCUT2D eigenvalue weighted by Gasteiger charge is -2.25. The molecule has 0 saturated heterocycles. The number of methoxy groups -OCH3 is 1. The zero-order valence-corrected chi connectivity index (χ0v) is 22.6. The maximum atomic E-state index is 12.6. The van der Waals surface area contributed by atoms with Crippen molar-refractivity contribution in [2.24, 2.45) is 0 Å². The van der Waals surface area contributed by atoms with Gasteiger partial charge in [0.1, 0.15) is 11.2 Å². The number of hydrogen-bond acceptors (Lipinski definition) is 11. The average Bonchev–Trinajstić information content (AvgIpc) is 2.69. The molecule has 0 unspecified atom stereocenters. The Morgan fingerprint density at radius 2 is 1.38 bits per heavy atom. The van der Waals surface area contributed by atoms with Crippen LogP contribution in [0.25, 0.3) is 6.08 Å². The number of carbonyl (C=O) groups excluding carboxylic acids is 5. The fourth-order valence-electron chi connectivity index (χ4n) is 2.74. The van der Waals surface area contributed by atoms with E-state index in [9.17, 15) is 24.0 Å². The maximum Gasteiger partial charge on any atom is 0.348 e. The Kier molecular flexibility index (Phi) is 10.8. The van der Waals surface area contributed by atoms with Crippen molar-refractivity contribution < 1.29 is 52.4 Å². The largest absolute Gasteiger partial charge is 0.493 e. The van der Waals surface area contributed by atoms with E-state index in [1.165, 1.54) is 32.2 Å². The summed E-state index contributed by atoms with van der Waals surface area (Å²) in [6.45, 7) is 12.2. The lowest BCUT2D eigenvalue weighted by atomic mass is 10.1. The van der Waals surface area contributed by atoms with Crippen LogP contribution >= 0.6 is 0 Å². The molecule has 11 nitrogen and oxygen atoms in total. The minimum Gasteiger partial charge on any atom is -0.493 e. The van der Waals surface area contributed by atoms with Crippen molar-refractivity contribution >= 4 is 35.9 Å². The summed E-state index contributed by atoms with van der Waals surface area (Å²) >= 11 is 0. The molecule has 0 aliphatic heterocycles. The zero-order chi connectivity index (χ0) is 28.6. The van der Waals surface area contributed by atoms with Crippen LogP contribution in [0.5, 0.6) is 17.2 Å². The van der Waals surface area contributed by atoms with Gasteiger partial charge in [-0.2, -0.15) is 0 Å². The van der Waals surface area contributed by atoms with Crippen LogP contribution in [-0.2, 0) is 38.2 Å². The van der Waals surface area contributed by atoms with Crippen LogP contribution < -0.4 is 14.2 Å². The van der Waals surface area contributed by atoms with Crippen molar-refractivity contribution in [1.29, 1.82) is 0 Å². The molecule has 11 heteroatoms. The third-order valence-corrected chi connectivity index (χ3v) is 3.87. The highest BCUT2D eigenvalue weighted by Crippen LogP contribution is 2.39. The molecular formula is C26H34O11. The molecule has 0 fully saturated rings. The van der Waals surface area contributed by atoms with Crippen LogP contribution in [0.1, 0.15) is 67.4 Å². The minimum atomic E-state index is -1.55. The first-order valence-electron chi connectivity index (χ1n) is 11.3. The Morgan fingerprint density at radius 1 is 0.838 bits per heavy atom. The summed E-state index contributed by atoms with van der Waals surface area (Å²) in [6.07, 6.45) is 0.177. The molecule has 1 aromatic rings. The molecule has 0 aliphatic rings. The lowest BCUT2D eigenvalue weighted by molar-refractivity contribution is -0.179. The topological polar surface area (TPSA) is 141 Å². The van der Waals surface area contributed by atoms with E-state index in [1.54, 1.807) is 41.5 Å². The number of esters is 5. The minimum absolute atomic E-state index is 0.0542. The first-order chi connectivity index (χ1) is 16.9. The van der Waals surface area contributed by atoms with E-state index in [4.69, 9.17) is 28.4 Å². The number of carbonyl (C=O) groups is 5. The van der Waals surface area contributed by atoms with Gasteiger partial charge in [0.05, 0.1) is 13.5 Å². The van der Waals surface area contributed by atoms with E-state index in [2.05, 4.69) is 0 Å². The molecule has 0 aromatic heterocycles. The van der Waals surface area contributed by atoms with Gasteiger partial charge in [-0.05, 0) is 65.3 Å². The SMILES string of the molecule is COc1cc(/C=C/C(=O)O[C@@H](CC(=O)OC(C)(C)C)C(=O)OC(C)(C)C)cc(OC(C)=O)c1OC(C)=O. The monoisotopic (exact) mass is 522 g/mol. The van der Waals surface area contributed by atoms with Crippen molar-refractivity contribution in [3.63, 3.8) is 0 Å². The molecule has 0 N–H and O–H groups in total. The zero-order valence-electron chi connectivity index (χ0n) is 22.6. The van der Waals surface area contributed by atoms with Crippen molar-refractivity contribution in [2.75, 3.05) is 7.11 Å². The molecule has 0 bridgehead atoms. The Bertz CT molecular complexity index is 1060. The fourth-order valence-corrected chi connectivity index (χ4v) is 2.74. The van der Waals surface area contributed by atoms with Crippen LogP contribution in [0.4, 0.5) is 0 Å². The molecule has 0 spiro atoms. The van der Waals surface area contributed by atoms with Crippen molar-refractivity contribution in [1.82, 2.24) is 0 Å². The summed E-state index contributed by atoms with van der Waals surface area (Å²) in [4.78, 5) is 60.4. The van der Waals surface area contributed by atoms with Gasteiger partial charge in [-0.1, -0.05) is 0 Å². The summed E-state index contributed by atoms with van der Waals surface area (Å²) in [6, 6.07) is 2.75. The maximum absolute atomic E-state index is 12.6. The summed E-state index contributed by atoms with van der Waals surface area (Å²) in [5, 5.41) is 0. The molecule has 0 heterocycles. The first kappa shape index (κ1) is 31.1. The molecule has 0 aliphatic carbocycles. The van der Waals surface area contributed by atoms with Gasteiger partial charge in [0.25, 0.3) is 0 Å². The van der Waals surface area contributed by atoms with Gasteiger partial charge in [0, 0.05) is 19.9 Å². The van der Waals surface area contributed by atoms with Gasteiger partial charge >= 0.3 is 29.8 Å². The number of rotatable bonds is 9. The average molecular weight is 523 g/mol. The van der Waals surface area contributed by atoms with E-state index < -0.39 is 53.6 Å². The molecule has 0 amide bonds. The Hall–Kier alpha value is -3.89. The second kappa shape index (κ2) is 12.9. The third kappa shape index (κ3) is 12.1. The number of ether oxygens (including phenoxy) is 6. The van der Waals surface area contributed by atoms with Crippen LogP contribution in [0.15, 0.2) is 18.2 Å². The van der Waals surface area contributed by atoms with E-state index >= 15 is 0 Å². The molecule has 204 valence electrons. The van der Waals surface area contributed by atoms with Crippen molar-refractivity contribution in [3.8, 4) is 17.2 Å². The Morgan fingerprint density at radius 3 is 1.86 bits per heavy atom. The molecule has 0 saturated carbocycles. The molecule has 0 radical (unpaired) electrons. The molecule has 1 rings (SSSR count). The van der Waals surface area contributed by atoms with Gasteiger partial charge in [0.15, 0.2) is 11.5 Å². The van der Waals surface area contributed by atoms with E-state index in [-0.39, 0.29) is 17.2 Å². The van der Waals surface area contributed by atoms with Gasteiger partial charge in [-0.15, -0.1) is 0 Å². The highest BCUT2D eigenvalue weighted by atomic mass is 16.6. The third-order valence-electron chi connectivity index (χ3n) is 3.87. The van der Waals surface area contributed by atoms with E-state index in [1.807, 2.05) is 0 Å². The Balaban J connectivity index is 3.20. The van der Waals surface area contributed by atoms with Gasteiger partial charge < -0.3 is 28.4 Å². The van der Waals surface area contributed by atoms with E-state index in [0.717, 1.165) is 13.0 Å². The molecule has 1 aromatic carbocycles.